The Hall–Kier alpha value is -3.09. The first-order valence-corrected chi connectivity index (χ1v) is 12.5. The number of ether oxygens (including phenoxy) is 2. The number of amides is 1. The molecule has 3 fully saturated rings. The number of esters is 2. The minimum absolute atomic E-state index is 0.106. The highest BCUT2D eigenvalue weighted by atomic mass is 16.5. The number of nitrogens with one attached hydrogen (secondary N) is 1. The highest BCUT2D eigenvalue weighted by molar-refractivity contribution is 6.06. The second-order valence-corrected chi connectivity index (χ2v) is 10.5. The lowest BCUT2D eigenvalue weighted by atomic mass is 9.44. The van der Waals surface area contributed by atoms with Crippen molar-refractivity contribution in [3.63, 3.8) is 0 Å². The Kier molecular flexibility index (Phi) is 7.33. The molecule has 5 rings (SSSR count). The third-order valence-corrected chi connectivity index (χ3v) is 8.07. The van der Waals surface area contributed by atoms with Crippen molar-refractivity contribution in [2.75, 3.05) is 7.11 Å². The Morgan fingerprint density at radius 3 is 2.71 bits per heavy atom. The van der Waals surface area contributed by atoms with Crippen molar-refractivity contribution in [2.45, 2.75) is 65.3 Å². The number of benzene rings is 1. The molecular weight excluding hydrogens is 446 g/mol. The van der Waals surface area contributed by atoms with Gasteiger partial charge in [0, 0.05) is 24.4 Å². The third-order valence-electron chi connectivity index (χ3n) is 8.07. The number of methoxy groups -OCH3 is 1. The van der Waals surface area contributed by atoms with Gasteiger partial charge in [-0.2, -0.15) is 0 Å². The highest BCUT2D eigenvalue weighted by Gasteiger charge is 2.57. The number of hydrogen-bond acceptors (Lipinski definition) is 6. The van der Waals surface area contributed by atoms with E-state index in [0.717, 1.165) is 38.5 Å². The summed E-state index contributed by atoms with van der Waals surface area (Å²) >= 11 is 0. The lowest BCUT2D eigenvalue weighted by molar-refractivity contribution is -0.135. The number of fused-ring (bicyclic) bond motifs is 3. The van der Waals surface area contributed by atoms with Crippen LogP contribution < -0.4 is 10.1 Å². The molecule has 0 saturated heterocycles. The zero-order valence-corrected chi connectivity index (χ0v) is 21.0. The molecule has 1 aromatic carbocycles. The second kappa shape index (κ2) is 10.3. The smallest absolute Gasteiger partial charge is 0.330 e. The van der Waals surface area contributed by atoms with Crippen LogP contribution in [-0.2, 0) is 14.3 Å². The van der Waals surface area contributed by atoms with Crippen LogP contribution in [0.3, 0.4) is 0 Å². The second-order valence-electron chi connectivity index (χ2n) is 10.5. The summed E-state index contributed by atoms with van der Waals surface area (Å²) in [4.78, 5) is 36.0. The molecule has 1 N–H and O–H groups in total. The van der Waals surface area contributed by atoms with Crippen molar-refractivity contribution in [1.82, 2.24) is 5.32 Å². The molecule has 188 valence electrons. The Morgan fingerprint density at radius 1 is 1.20 bits per heavy atom. The standard InChI is InChI=1S/C28H35NO6/c1-17(30)35-20-11-12-24-21(15-20)22(16-34-24)27(32)29-26-18(13-19-14-23(26)28(19,2)3)9-7-5-6-8-10-25(31)33-4/h8,10-12,15-16,18-19,23,26H,5-7,9,13-14H2,1-4H3,(H,29,32)/b10-8+/t18-,19-,23-,26+/m0/s1. The van der Waals surface area contributed by atoms with E-state index in [1.54, 1.807) is 18.2 Å². The van der Waals surface area contributed by atoms with Gasteiger partial charge in [-0.15, -0.1) is 0 Å². The van der Waals surface area contributed by atoms with E-state index in [2.05, 4.69) is 23.9 Å². The molecule has 0 unspecified atom stereocenters. The molecule has 35 heavy (non-hydrogen) atoms. The van der Waals surface area contributed by atoms with Gasteiger partial charge in [-0.1, -0.05) is 26.3 Å². The molecule has 0 spiro atoms. The maximum absolute atomic E-state index is 13.4. The Bertz CT molecular complexity index is 1130. The Labute approximate surface area is 206 Å². The van der Waals surface area contributed by atoms with Crippen LogP contribution in [-0.4, -0.2) is 31.0 Å². The average Bonchev–Trinajstić information content (AvgIpc) is 3.24. The summed E-state index contributed by atoms with van der Waals surface area (Å²) < 4.78 is 15.4. The predicted octanol–water partition coefficient (Wildman–Crippen LogP) is 5.43. The van der Waals surface area contributed by atoms with Crippen molar-refractivity contribution in [3.8, 4) is 5.75 Å². The molecule has 3 aliphatic carbocycles. The lowest BCUT2D eigenvalue weighted by Crippen LogP contribution is -2.63. The summed E-state index contributed by atoms with van der Waals surface area (Å²) in [6.07, 6.45) is 11.0. The number of carbonyl (C=O) groups excluding carboxylic acids is 3. The molecule has 7 nitrogen and oxygen atoms in total. The van der Waals surface area contributed by atoms with Gasteiger partial charge in [0.2, 0.25) is 0 Å². The fourth-order valence-corrected chi connectivity index (χ4v) is 5.98. The van der Waals surface area contributed by atoms with E-state index >= 15 is 0 Å². The number of hydrogen-bond donors (Lipinski definition) is 1. The van der Waals surface area contributed by atoms with Gasteiger partial charge < -0.3 is 19.2 Å². The first-order valence-electron chi connectivity index (χ1n) is 12.5. The van der Waals surface area contributed by atoms with Gasteiger partial charge in [0.1, 0.15) is 17.6 Å². The first kappa shape index (κ1) is 25.0. The van der Waals surface area contributed by atoms with E-state index in [9.17, 15) is 14.4 Å². The maximum atomic E-state index is 13.4. The first-order chi connectivity index (χ1) is 16.7. The molecule has 4 atom stereocenters. The minimum atomic E-state index is -0.411. The summed E-state index contributed by atoms with van der Waals surface area (Å²) in [6.45, 7) is 5.98. The molecule has 1 heterocycles. The van der Waals surface area contributed by atoms with Crippen LogP contribution in [0, 0.1) is 23.2 Å². The molecule has 7 heteroatoms. The zero-order chi connectivity index (χ0) is 25.2. The molecule has 3 aliphatic rings. The Balaban J connectivity index is 1.44. The molecule has 0 aliphatic heterocycles. The minimum Gasteiger partial charge on any atom is -0.466 e. The molecule has 0 radical (unpaired) electrons. The van der Waals surface area contributed by atoms with Gasteiger partial charge in [0.15, 0.2) is 0 Å². The summed E-state index contributed by atoms with van der Waals surface area (Å²) in [5, 5.41) is 4.00. The van der Waals surface area contributed by atoms with Crippen molar-refractivity contribution in [1.29, 1.82) is 0 Å². The number of allylic oxidation sites excluding steroid dienone is 1. The monoisotopic (exact) mass is 481 g/mol. The third kappa shape index (κ3) is 5.29. The van der Waals surface area contributed by atoms with Gasteiger partial charge in [0.25, 0.3) is 5.91 Å². The number of carbonyl (C=O) groups is 3. The van der Waals surface area contributed by atoms with Crippen molar-refractivity contribution in [2.24, 2.45) is 23.2 Å². The Morgan fingerprint density at radius 2 is 2.00 bits per heavy atom. The van der Waals surface area contributed by atoms with Crippen LogP contribution in [0.5, 0.6) is 5.75 Å². The van der Waals surface area contributed by atoms with Crippen LogP contribution in [0.15, 0.2) is 41.0 Å². The van der Waals surface area contributed by atoms with Crippen LogP contribution in [0.25, 0.3) is 11.0 Å². The molecular formula is C28H35NO6. The van der Waals surface area contributed by atoms with Crippen LogP contribution >= 0.6 is 0 Å². The van der Waals surface area contributed by atoms with Gasteiger partial charge >= 0.3 is 11.9 Å². The largest absolute Gasteiger partial charge is 0.466 e. The highest BCUT2D eigenvalue weighted by Crippen LogP contribution is 2.61. The van der Waals surface area contributed by atoms with Crippen molar-refractivity contribution >= 4 is 28.8 Å². The average molecular weight is 482 g/mol. The fraction of sp³-hybridized carbons (Fsp3) is 0.536. The molecule has 1 aromatic heterocycles. The summed E-state index contributed by atoms with van der Waals surface area (Å²) in [7, 11) is 1.38. The van der Waals surface area contributed by atoms with Crippen LogP contribution in [0.4, 0.5) is 0 Å². The molecule has 2 bridgehead atoms. The maximum Gasteiger partial charge on any atom is 0.330 e. The van der Waals surface area contributed by atoms with E-state index < -0.39 is 5.97 Å². The van der Waals surface area contributed by atoms with Gasteiger partial charge in [-0.05, 0) is 73.5 Å². The topological polar surface area (TPSA) is 94.8 Å². The molecule has 3 saturated carbocycles. The fourth-order valence-electron chi connectivity index (χ4n) is 5.98. The SMILES string of the molecule is COC(=O)/C=C/CCCC[C@H]1C[C@H]2C[C@@H]([C@@H]1NC(=O)c1coc3ccc(OC(C)=O)cc13)C2(C)C. The predicted molar refractivity (Wildman–Crippen MR) is 132 cm³/mol. The van der Waals surface area contributed by atoms with Crippen LogP contribution in [0.1, 0.15) is 69.7 Å². The van der Waals surface area contributed by atoms with E-state index in [4.69, 9.17) is 9.15 Å². The number of furan rings is 1. The number of unbranched alkanes of at least 4 members (excludes halogenated alkanes) is 2. The summed E-state index contributed by atoms with van der Waals surface area (Å²) in [5.41, 5.74) is 1.26. The molecule has 2 aromatic rings. The zero-order valence-electron chi connectivity index (χ0n) is 21.0. The van der Waals surface area contributed by atoms with Gasteiger partial charge in [-0.3, -0.25) is 9.59 Å². The van der Waals surface area contributed by atoms with E-state index in [-0.39, 0.29) is 23.3 Å². The summed E-state index contributed by atoms with van der Waals surface area (Å²) in [5.74, 6) is 1.08. The van der Waals surface area contributed by atoms with Gasteiger partial charge in [0.05, 0.1) is 12.7 Å². The number of rotatable bonds is 9. The summed E-state index contributed by atoms with van der Waals surface area (Å²) in [6, 6.07) is 5.15. The lowest BCUT2D eigenvalue weighted by Gasteiger charge is -2.62. The van der Waals surface area contributed by atoms with Crippen LogP contribution in [0.2, 0.25) is 0 Å². The van der Waals surface area contributed by atoms with E-state index in [0.29, 0.717) is 40.0 Å². The van der Waals surface area contributed by atoms with Crippen molar-refractivity contribution < 1.29 is 28.3 Å². The quantitative estimate of drug-likeness (QED) is 0.222. The van der Waals surface area contributed by atoms with Gasteiger partial charge in [-0.25, -0.2) is 4.79 Å². The molecule has 1 amide bonds. The van der Waals surface area contributed by atoms with E-state index in [1.165, 1.54) is 26.4 Å². The van der Waals surface area contributed by atoms with E-state index in [1.807, 2.05) is 6.08 Å². The normalized spacial score (nSPS) is 24.7. The van der Waals surface area contributed by atoms with Crippen molar-refractivity contribution in [3.05, 3.63) is 42.2 Å².